The number of hydrogen-bond donors (Lipinski definition) is 3. The molecule has 6 N–H and O–H groups in total. The molecule has 1 amide bonds. The van der Waals surface area contributed by atoms with Gasteiger partial charge in [-0.1, -0.05) is 0 Å². The standard InChI is InChI=1S/C5H11NO2.CH4N2S/c1-5(2,3)8-4(6)7;2-1(3)4/h1-3H3,(H2,6,7);(H4,2,3,4). The Morgan fingerprint density at radius 3 is 1.50 bits per heavy atom. The highest BCUT2D eigenvalue weighted by molar-refractivity contribution is 7.80. The van der Waals surface area contributed by atoms with Crippen LogP contribution in [0.3, 0.4) is 0 Å². The van der Waals surface area contributed by atoms with Crippen LogP contribution in [0, 0.1) is 0 Å². The van der Waals surface area contributed by atoms with Gasteiger partial charge in [0.1, 0.15) is 5.60 Å². The number of rotatable bonds is 0. The first kappa shape index (κ1) is 13.5. The van der Waals surface area contributed by atoms with E-state index in [1.54, 1.807) is 20.8 Å². The van der Waals surface area contributed by atoms with Gasteiger partial charge < -0.3 is 21.9 Å². The van der Waals surface area contributed by atoms with Crippen LogP contribution in [-0.2, 0) is 4.74 Å². The number of primary amides is 1. The Balaban J connectivity index is 0. The van der Waals surface area contributed by atoms with Crippen LogP contribution in [0.25, 0.3) is 0 Å². The molecule has 0 rings (SSSR count). The second-order valence-corrected chi connectivity index (χ2v) is 3.41. The third-order valence-corrected chi connectivity index (χ3v) is 0.407. The first-order chi connectivity index (χ1) is 5.15. The Morgan fingerprint density at radius 1 is 1.25 bits per heavy atom. The van der Waals surface area contributed by atoms with E-state index >= 15 is 0 Å². The molecule has 0 aliphatic carbocycles. The predicted molar refractivity (Wildman–Crippen MR) is 51.4 cm³/mol. The van der Waals surface area contributed by atoms with Crippen molar-refractivity contribution in [3.05, 3.63) is 0 Å². The normalized spacial score (nSPS) is 9.25. The van der Waals surface area contributed by atoms with Crippen LogP contribution >= 0.6 is 12.2 Å². The quantitative estimate of drug-likeness (QED) is 0.472. The van der Waals surface area contributed by atoms with Crippen molar-refractivity contribution in [2.45, 2.75) is 26.4 Å². The average molecular weight is 193 g/mol. The summed E-state index contributed by atoms with van der Waals surface area (Å²) in [6.45, 7) is 5.28. The lowest BCUT2D eigenvalue weighted by Gasteiger charge is -2.16. The summed E-state index contributed by atoms with van der Waals surface area (Å²) in [6, 6.07) is 0. The summed E-state index contributed by atoms with van der Waals surface area (Å²) in [4.78, 5) is 10.0. The summed E-state index contributed by atoms with van der Waals surface area (Å²) < 4.78 is 4.58. The van der Waals surface area contributed by atoms with Crippen LogP contribution in [-0.4, -0.2) is 16.8 Å². The van der Waals surface area contributed by atoms with Gasteiger partial charge in [0.2, 0.25) is 0 Å². The Hall–Kier alpha value is -1.04. The molecule has 0 saturated heterocycles. The number of hydrogen-bond acceptors (Lipinski definition) is 3. The largest absolute Gasteiger partial charge is 0.444 e. The van der Waals surface area contributed by atoms with Crippen LogP contribution in [0.5, 0.6) is 0 Å². The molecule has 72 valence electrons. The number of ether oxygens (including phenoxy) is 1. The smallest absolute Gasteiger partial charge is 0.405 e. The second kappa shape index (κ2) is 5.59. The molecule has 0 bridgehead atoms. The Labute approximate surface area is 77.2 Å². The molecule has 0 saturated carbocycles. The maximum atomic E-state index is 10.0. The molecule has 0 aliphatic rings. The third-order valence-electron chi connectivity index (χ3n) is 0.407. The fraction of sp³-hybridized carbons (Fsp3) is 0.667. The van der Waals surface area contributed by atoms with Gasteiger partial charge in [-0.25, -0.2) is 4.79 Å². The third kappa shape index (κ3) is 36.2. The van der Waals surface area contributed by atoms with Gasteiger partial charge in [-0.05, 0) is 33.0 Å². The van der Waals surface area contributed by atoms with Gasteiger partial charge in [0.15, 0.2) is 5.11 Å². The number of carbonyl (C=O) groups excluding carboxylic acids is 1. The molecule has 6 heteroatoms. The highest BCUT2D eigenvalue weighted by Gasteiger charge is 2.12. The van der Waals surface area contributed by atoms with Gasteiger partial charge in [0.25, 0.3) is 0 Å². The van der Waals surface area contributed by atoms with E-state index in [9.17, 15) is 4.79 Å². The zero-order valence-electron chi connectivity index (χ0n) is 7.46. The lowest BCUT2D eigenvalue weighted by molar-refractivity contribution is 0.0600. The van der Waals surface area contributed by atoms with E-state index in [-0.39, 0.29) is 5.11 Å². The maximum Gasteiger partial charge on any atom is 0.405 e. The minimum absolute atomic E-state index is 0.000000000000000222. The second-order valence-electron chi connectivity index (χ2n) is 2.94. The van der Waals surface area contributed by atoms with Crippen molar-refractivity contribution in [3.8, 4) is 0 Å². The van der Waals surface area contributed by atoms with Crippen molar-refractivity contribution < 1.29 is 9.53 Å². The van der Waals surface area contributed by atoms with Gasteiger partial charge >= 0.3 is 6.09 Å². The highest BCUT2D eigenvalue weighted by atomic mass is 32.1. The molecule has 0 aromatic rings. The zero-order valence-corrected chi connectivity index (χ0v) is 8.27. The molecular formula is C6H15N3O2S. The van der Waals surface area contributed by atoms with Crippen molar-refractivity contribution in [3.63, 3.8) is 0 Å². The molecule has 0 fully saturated rings. The van der Waals surface area contributed by atoms with Crippen LogP contribution in [0.2, 0.25) is 0 Å². The van der Waals surface area contributed by atoms with E-state index in [2.05, 4.69) is 28.4 Å². The van der Waals surface area contributed by atoms with Crippen molar-refractivity contribution in [1.29, 1.82) is 0 Å². The number of carbonyl (C=O) groups is 1. The fourth-order valence-electron chi connectivity index (χ4n) is 0.302. The topological polar surface area (TPSA) is 104 Å². The number of amides is 1. The van der Waals surface area contributed by atoms with Gasteiger partial charge in [-0.15, -0.1) is 0 Å². The number of thiocarbonyl (C=S) groups is 1. The first-order valence-electron chi connectivity index (χ1n) is 3.18. The SMILES string of the molecule is CC(C)(C)OC(N)=O.NC(N)=S. The molecule has 0 heterocycles. The van der Waals surface area contributed by atoms with Gasteiger partial charge in [-0.3, -0.25) is 0 Å². The molecule has 0 unspecified atom stereocenters. The van der Waals surface area contributed by atoms with E-state index in [4.69, 9.17) is 5.73 Å². The average Bonchev–Trinajstić information content (AvgIpc) is 1.52. The summed E-state index contributed by atoms with van der Waals surface area (Å²) in [5.74, 6) is 0. The molecule has 5 nitrogen and oxygen atoms in total. The summed E-state index contributed by atoms with van der Waals surface area (Å²) in [5.41, 5.74) is 13.5. The Morgan fingerprint density at radius 2 is 1.50 bits per heavy atom. The van der Waals surface area contributed by atoms with E-state index < -0.39 is 11.7 Å². The van der Waals surface area contributed by atoms with E-state index in [0.717, 1.165) is 0 Å². The van der Waals surface area contributed by atoms with Crippen LogP contribution in [0.1, 0.15) is 20.8 Å². The van der Waals surface area contributed by atoms with Crippen LogP contribution < -0.4 is 17.2 Å². The molecular weight excluding hydrogens is 178 g/mol. The fourth-order valence-corrected chi connectivity index (χ4v) is 0.302. The molecule has 0 spiro atoms. The molecule has 0 atom stereocenters. The Bertz CT molecular complexity index is 161. The molecule has 0 aromatic carbocycles. The minimum Gasteiger partial charge on any atom is -0.444 e. The lowest BCUT2D eigenvalue weighted by Crippen LogP contribution is -2.27. The zero-order chi connectivity index (χ0) is 10.4. The number of nitrogens with two attached hydrogens (primary N) is 3. The maximum absolute atomic E-state index is 10.0. The van der Waals surface area contributed by atoms with Crippen molar-refractivity contribution >= 4 is 23.4 Å². The Kier molecular flexibility index (Phi) is 6.31. The summed E-state index contributed by atoms with van der Waals surface area (Å²) in [5, 5.41) is 0.000000000000000222. The molecule has 12 heavy (non-hydrogen) atoms. The first-order valence-corrected chi connectivity index (χ1v) is 3.59. The molecule has 0 aromatic heterocycles. The predicted octanol–water partition coefficient (Wildman–Crippen LogP) is 0.0689. The van der Waals surface area contributed by atoms with Gasteiger partial charge in [0, 0.05) is 0 Å². The highest BCUT2D eigenvalue weighted by Crippen LogP contribution is 2.04. The van der Waals surface area contributed by atoms with E-state index in [0.29, 0.717) is 0 Å². The lowest BCUT2D eigenvalue weighted by atomic mass is 10.2. The monoisotopic (exact) mass is 193 g/mol. The molecule has 0 radical (unpaired) electrons. The van der Waals surface area contributed by atoms with Crippen LogP contribution in [0.4, 0.5) is 4.79 Å². The van der Waals surface area contributed by atoms with Gasteiger partial charge in [-0.2, -0.15) is 0 Å². The minimum atomic E-state index is -0.725. The van der Waals surface area contributed by atoms with Crippen molar-refractivity contribution in [2.24, 2.45) is 17.2 Å². The summed E-state index contributed by atoms with van der Waals surface area (Å²) in [6.07, 6.45) is -0.725. The van der Waals surface area contributed by atoms with Crippen LogP contribution in [0.15, 0.2) is 0 Å². The summed E-state index contributed by atoms with van der Waals surface area (Å²) >= 11 is 4.09. The van der Waals surface area contributed by atoms with E-state index in [1.807, 2.05) is 0 Å². The summed E-state index contributed by atoms with van der Waals surface area (Å²) in [7, 11) is 0. The van der Waals surface area contributed by atoms with E-state index in [1.165, 1.54) is 0 Å². The van der Waals surface area contributed by atoms with Gasteiger partial charge in [0.05, 0.1) is 0 Å². The van der Waals surface area contributed by atoms with Crippen molar-refractivity contribution in [2.75, 3.05) is 0 Å². The van der Waals surface area contributed by atoms with Crippen molar-refractivity contribution in [1.82, 2.24) is 0 Å². The molecule has 0 aliphatic heterocycles.